The molecule has 17 heavy (non-hydrogen) atoms. The van der Waals surface area contributed by atoms with Crippen molar-refractivity contribution in [1.82, 2.24) is 9.97 Å². The normalized spacial score (nSPS) is 10.2. The molecular weight excluding hydrogens is 282 g/mol. The molecule has 1 amide bonds. The maximum atomic E-state index is 11.6. The standard InChI is InChI=1S/C12H12BrN3O/c13-10-4-6-15-11(7-10)16-12(17)2-1-9-3-5-14-8-9/h3-8,14H,1-2H2,(H,15,16,17). The monoisotopic (exact) mass is 293 g/mol. The van der Waals surface area contributed by atoms with Gasteiger partial charge in [-0.15, -0.1) is 0 Å². The van der Waals surface area contributed by atoms with E-state index in [-0.39, 0.29) is 5.91 Å². The number of aryl methyl sites for hydroxylation is 1. The second-order valence-electron chi connectivity index (χ2n) is 3.63. The number of nitrogens with zero attached hydrogens (tertiary/aromatic N) is 1. The molecule has 0 aliphatic carbocycles. The first-order valence-corrected chi connectivity index (χ1v) is 6.06. The molecule has 0 saturated carbocycles. The van der Waals surface area contributed by atoms with Crippen LogP contribution >= 0.6 is 15.9 Å². The van der Waals surface area contributed by atoms with Crippen LogP contribution in [-0.4, -0.2) is 15.9 Å². The summed E-state index contributed by atoms with van der Waals surface area (Å²) in [7, 11) is 0. The van der Waals surface area contributed by atoms with Crippen LogP contribution in [-0.2, 0) is 11.2 Å². The van der Waals surface area contributed by atoms with Crippen molar-refractivity contribution in [1.29, 1.82) is 0 Å². The lowest BCUT2D eigenvalue weighted by molar-refractivity contribution is -0.116. The highest BCUT2D eigenvalue weighted by Gasteiger charge is 2.04. The van der Waals surface area contributed by atoms with Crippen molar-refractivity contribution in [3.63, 3.8) is 0 Å². The van der Waals surface area contributed by atoms with Crippen LogP contribution in [0.5, 0.6) is 0 Å². The lowest BCUT2D eigenvalue weighted by Gasteiger charge is -2.03. The fourth-order valence-corrected chi connectivity index (χ4v) is 1.79. The van der Waals surface area contributed by atoms with Crippen LogP contribution in [0.4, 0.5) is 5.82 Å². The Hall–Kier alpha value is -1.62. The number of amides is 1. The molecule has 2 aromatic heterocycles. The number of halogens is 1. The van der Waals surface area contributed by atoms with E-state index in [0.29, 0.717) is 12.2 Å². The van der Waals surface area contributed by atoms with Gasteiger partial charge in [-0.3, -0.25) is 4.79 Å². The zero-order chi connectivity index (χ0) is 12.1. The highest BCUT2D eigenvalue weighted by molar-refractivity contribution is 9.10. The summed E-state index contributed by atoms with van der Waals surface area (Å²) < 4.78 is 0.897. The van der Waals surface area contributed by atoms with Crippen LogP contribution < -0.4 is 5.32 Å². The molecule has 4 nitrogen and oxygen atoms in total. The Morgan fingerprint density at radius 3 is 3.06 bits per heavy atom. The van der Waals surface area contributed by atoms with E-state index in [4.69, 9.17) is 0 Å². The van der Waals surface area contributed by atoms with E-state index in [1.54, 1.807) is 12.3 Å². The number of pyridine rings is 1. The average molecular weight is 294 g/mol. The van der Waals surface area contributed by atoms with Crippen molar-refractivity contribution in [3.8, 4) is 0 Å². The molecule has 0 aliphatic rings. The van der Waals surface area contributed by atoms with Crippen molar-refractivity contribution >= 4 is 27.7 Å². The van der Waals surface area contributed by atoms with Crippen LogP contribution in [0.25, 0.3) is 0 Å². The molecule has 0 radical (unpaired) electrons. The minimum atomic E-state index is -0.0307. The molecule has 0 atom stereocenters. The predicted molar refractivity (Wildman–Crippen MR) is 69.7 cm³/mol. The number of carbonyl (C=O) groups excluding carboxylic acids is 1. The van der Waals surface area contributed by atoms with E-state index in [9.17, 15) is 4.79 Å². The van der Waals surface area contributed by atoms with Crippen LogP contribution in [0.15, 0.2) is 41.3 Å². The third-order valence-electron chi connectivity index (χ3n) is 2.29. The van der Waals surface area contributed by atoms with Gasteiger partial charge < -0.3 is 10.3 Å². The van der Waals surface area contributed by atoms with Crippen LogP contribution in [0, 0.1) is 0 Å². The minimum absolute atomic E-state index is 0.0307. The van der Waals surface area contributed by atoms with Gasteiger partial charge in [0.15, 0.2) is 0 Å². The van der Waals surface area contributed by atoms with Crippen molar-refractivity contribution in [2.45, 2.75) is 12.8 Å². The Bertz CT molecular complexity index is 496. The molecule has 0 bridgehead atoms. The van der Waals surface area contributed by atoms with Gasteiger partial charge in [0.25, 0.3) is 0 Å². The Morgan fingerprint density at radius 1 is 1.47 bits per heavy atom. The molecule has 0 spiro atoms. The van der Waals surface area contributed by atoms with Gasteiger partial charge in [0.05, 0.1) is 0 Å². The number of nitrogens with one attached hydrogen (secondary N) is 2. The predicted octanol–water partition coefficient (Wildman–Crippen LogP) is 2.74. The number of carbonyl (C=O) groups is 1. The van der Waals surface area contributed by atoms with Gasteiger partial charge in [-0.2, -0.15) is 0 Å². The maximum Gasteiger partial charge on any atom is 0.225 e. The Labute approximate surface area is 108 Å². The lowest BCUT2D eigenvalue weighted by Crippen LogP contribution is -2.13. The second-order valence-corrected chi connectivity index (χ2v) is 4.54. The van der Waals surface area contributed by atoms with Gasteiger partial charge in [0, 0.05) is 29.5 Å². The molecular formula is C12H12BrN3O. The highest BCUT2D eigenvalue weighted by Crippen LogP contribution is 2.13. The zero-order valence-corrected chi connectivity index (χ0v) is 10.7. The van der Waals surface area contributed by atoms with Gasteiger partial charge in [0.1, 0.15) is 5.82 Å². The Kier molecular flexibility index (Phi) is 3.93. The van der Waals surface area contributed by atoms with E-state index in [2.05, 4.69) is 31.2 Å². The fraction of sp³-hybridized carbons (Fsp3) is 0.167. The van der Waals surface area contributed by atoms with Gasteiger partial charge in [-0.25, -0.2) is 4.98 Å². The third-order valence-corrected chi connectivity index (χ3v) is 2.79. The summed E-state index contributed by atoms with van der Waals surface area (Å²) in [4.78, 5) is 18.7. The summed E-state index contributed by atoms with van der Waals surface area (Å²) >= 11 is 3.33. The van der Waals surface area contributed by atoms with E-state index in [1.165, 1.54) is 0 Å². The van der Waals surface area contributed by atoms with Crippen molar-refractivity contribution in [2.24, 2.45) is 0 Å². The van der Waals surface area contributed by atoms with E-state index < -0.39 is 0 Å². The molecule has 0 unspecified atom stereocenters. The van der Waals surface area contributed by atoms with E-state index in [1.807, 2.05) is 24.5 Å². The lowest BCUT2D eigenvalue weighted by atomic mass is 10.2. The number of hydrogen-bond donors (Lipinski definition) is 2. The molecule has 0 saturated heterocycles. The molecule has 2 aromatic rings. The summed E-state index contributed by atoms with van der Waals surface area (Å²) in [6.45, 7) is 0. The van der Waals surface area contributed by atoms with Crippen molar-refractivity contribution in [3.05, 3.63) is 46.8 Å². The maximum absolute atomic E-state index is 11.6. The smallest absolute Gasteiger partial charge is 0.225 e. The first-order chi connectivity index (χ1) is 8.24. The first kappa shape index (κ1) is 11.9. The van der Waals surface area contributed by atoms with Gasteiger partial charge >= 0.3 is 0 Å². The fourth-order valence-electron chi connectivity index (χ4n) is 1.45. The molecule has 0 aromatic carbocycles. The number of rotatable bonds is 4. The molecule has 5 heteroatoms. The number of hydrogen-bond acceptors (Lipinski definition) is 2. The van der Waals surface area contributed by atoms with Crippen LogP contribution in [0.1, 0.15) is 12.0 Å². The molecule has 2 N–H and O–H groups in total. The summed E-state index contributed by atoms with van der Waals surface area (Å²) in [6, 6.07) is 5.55. The molecule has 2 heterocycles. The second kappa shape index (κ2) is 5.63. The molecule has 0 aliphatic heterocycles. The minimum Gasteiger partial charge on any atom is -0.367 e. The van der Waals surface area contributed by atoms with E-state index in [0.717, 1.165) is 16.5 Å². The zero-order valence-electron chi connectivity index (χ0n) is 9.11. The first-order valence-electron chi connectivity index (χ1n) is 5.27. The van der Waals surface area contributed by atoms with Gasteiger partial charge in [0.2, 0.25) is 5.91 Å². The average Bonchev–Trinajstić information content (AvgIpc) is 2.79. The third kappa shape index (κ3) is 3.71. The SMILES string of the molecule is O=C(CCc1cc[nH]c1)Nc1cc(Br)ccn1. The number of anilines is 1. The topological polar surface area (TPSA) is 57.8 Å². The number of aromatic nitrogens is 2. The molecule has 88 valence electrons. The van der Waals surface area contributed by atoms with E-state index >= 15 is 0 Å². The Morgan fingerprint density at radius 2 is 2.35 bits per heavy atom. The summed E-state index contributed by atoms with van der Waals surface area (Å²) in [5, 5.41) is 2.75. The summed E-state index contributed by atoms with van der Waals surface area (Å²) in [5.74, 6) is 0.537. The largest absolute Gasteiger partial charge is 0.367 e. The van der Waals surface area contributed by atoms with Crippen molar-refractivity contribution in [2.75, 3.05) is 5.32 Å². The van der Waals surface area contributed by atoms with Gasteiger partial charge in [-0.05, 0) is 30.2 Å². The molecule has 2 rings (SSSR count). The molecule has 0 fully saturated rings. The number of H-pyrrole nitrogens is 1. The van der Waals surface area contributed by atoms with Gasteiger partial charge in [-0.1, -0.05) is 15.9 Å². The summed E-state index contributed by atoms with van der Waals surface area (Å²) in [5.41, 5.74) is 1.13. The number of aromatic amines is 1. The van der Waals surface area contributed by atoms with Crippen LogP contribution in [0.3, 0.4) is 0 Å². The van der Waals surface area contributed by atoms with Crippen LogP contribution in [0.2, 0.25) is 0 Å². The highest BCUT2D eigenvalue weighted by atomic mass is 79.9. The van der Waals surface area contributed by atoms with Crippen molar-refractivity contribution < 1.29 is 4.79 Å². The Balaban J connectivity index is 1.85. The quantitative estimate of drug-likeness (QED) is 0.911. The summed E-state index contributed by atoms with van der Waals surface area (Å²) in [6.07, 6.45) is 6.56.